The van der Waals surface area contributed by atoms with Gasteiger partial charge in [0.05, 0.1) is 17.2 Å². The number of benzene rings is 2. The van der Waals surface area contributed by atoms with Gasteiger partial charge in [-0.1, -0.05) is 30.3 Å². The molecule has 0 N–H and O–H groups in total. The van der Waals surface area contributed by atoms with Crippen LogP contribution >= 0.6 is 0 Å². The molecule has 131 valence electrons. The number of hydrogen-bond acceptors (Lipinski definition) is 3. The summed E-state index contributed by atoms with van der Waals surface area (Å²) in [6.07, 6.45) is 0. The van der Waals surface area contributed by atoms with Gasteiger partial charge in [0.1, 0.15) is 0 Å². The van der Waals surface area contributed by atoms with Crippen molar-refractivity contribution in [1.82, 2.24) is 19.7 Å². The van der Waals surface area contributed by atoms with E-state index in [4.69, 9.17) is 0 Å². The summed E-state index contributed by atoms with van der Waals surface area (Å²) in [6.45, 7) is 4.00. The van der Waals surface area contributed by atoms with Crippen molar-refractivity contribution >= 4 is 0 Å². The van der Waals surface area contributed by atoms with Gasteiger partial charge in [0.2, 0.25) is 0 Å². The van der Waals surface area contributed by atoms with Crippen LogP contribution in [0.25, 0.3) is 28.5 Å². The van der Waals surface area contributed by atoms with E-state index in [2.05, 4.69) is 31.9 Å². The number of nitrogens with zero attached hydrogens (tertiary/aromatic N) is 4. The normalized spacial score (nSPS) is 10.4. The van der Waals surface area contributed by atoms with E-state index in [9.17, 15) is 0 Å². The van der Waals surface area contributed by atoms with E-state index in [1.807, 2.05) is 74.5 Å². The SMILES string of the molecule is Cc1ccc(-n2c(-c3[c-]cccc3)nnc2-c2ccccc2)c(C)n1.[Ir]. The van der Waals surface area contributed by atoms with Crippen molar-refractivity contribution in [2.24, 2.45) is 0 Å². The molecular weight excluding hydrogens is 500 g/mol. The van der Waals surface area contributed by atoms with Crippen LogP contribution in [0.3, 0.4) is 0 Å². The first-order valence-corrected chi connectivity index (χ1v) is 8.16. The Morgan fingerprint density at radius 2 is 1.54 bits per heavy atom. The Morgan fingerprint density at radius 3 is 2.23 bits per heavy atom. The molecule has 2 heterocycles. The Labute approximate surface area is 166 Å². The van der Waals surface area contributed by atoms with E-state index >= 15 is 0 Å². The largest absolute Gasteiger partial charge is 0.314 e. The average Bonchev–Trinajstić information content (AvgIpc) is 3.08. The van der Waals surface area contributed by atoms with Crippen molar-refractivity contribution in [1.29, 1.82) is 0 Å². The predicted molar refractivity (Wildman–Crippen MR) is 98.3 cm³/mol. The van der Waals surface area contributed by atoms with Gasteiger partial charge in [0.15, 0.2) is 5.82 Å². The number of aromatic nitrogens is 4. The minimum Gasteiger partial charge on any atom is -0.314 e. The average molecular weight is 518 g/mol. The maximum absolute atomic E-state index is 4.61. The standard InChI is InChI=1S/C21H17N4.Ir/c1-15-13-14-19(16(2)22-15)25-20(17-9-5-3-6-10-17)23-24-21(25)18-11-7-4-8-12-18;/h3-11,13-14H,1-2H3;/q-1;. The Morgan fingerprint density at radius 1 is 0.808 bits per heavy atom. The van der Waals surface area contributed by atoms with Crippen LogP contribution in [0.1, 0.15) is 11.4 Å². The van der Waals surface area contributed by atoms with E-state index < -0.39 is 0 Å². The zero-order chi connectivity index (χ0) is 17.2. The quantitative estimate of drug-likeness (QED) is 0.378. The van der Waals surface area contributed by atoms with Crippen LogP contribution < -0.4 is 0 Å². The van der Waals surface area contributed by atoms with Crippen LogP contribution in [0.4, 0.5) is 0 Å². The molecule has 0 saturated carbocycles. The molecule has 0 saturated heterocycles. The number of aryl methyl sites for hydroxylation is 2. The number of rotatable bonds is 3. The van der Waals surface area contributed by atoms with E-state index in [0.29, 0.717) is 0 Å². The fourth-order valence-corrected chi connectivity index (χ4v) is 2.91. The minimum absolute atomic E-state index is 0. The predicted octanol–water partition coefficient (Wildman–Crippen LogP) is 4.41. The molecule has 0 aliphatic rings. The summed E-state index contributed by atoms with van der Waals surface area (Å²) in [5, 5.41) is 8.92. The molecule has 0 spiro atoms. The Kier molecular flexibility index (Phi) is 5.40. The third-order valence-corrected chi connectivity index (χ3v) is 4.08. The van der Waals surface area contributed by atoms with Crippen molar-refractivity contribution in [2.75, 3.05) is 0 Å². The molecule has 2 aromatic heterocycles. The van der Waals surface area contributed by atoms with E-state index in [1.165, 1.54) is 0 Å². The molecule has 0 aliphatic heterocycles. The molecule has 0 atom stereocenters. The summed E-state index contributed by atoms with van der Waals surface area (Å²) in [7, 11) is 0. The van der Waals surface area contributed by atoms with Gasteiger partial charge < -0.3 is 4.57 Å². The van der Waals surface area contributed by atoms with Crippen LogP contribution in [-0.2, 0) is 20.1 Å². The molecule has 2 aromatic carbocycles. The molecule has 4 nitrogen and oxygen atoms in total. The maximum Gasteiger partial charge on any atom is 0.159 e. The molecule has 1 radical (unpaired) electrons. The molecule has 26 heavy (non-hydrogen) atoms. The molecule has 0 aliphatic carbocycles. The van der Waals surface area contributed by atoms with E-state index in [1.54, 1.807) is 0 Å². The van der Waals surface area contributed by atoms with Gasteiger partial charge >= 0.3 is 0 Å². The summed E-state index contributed by atoms with van der Waals surface area (Å²) >= 11 is 0. The van der Waals surface area contributed by atoms with Crippen molar-refractivity contribution < 1.29 is 20.1 Å². The van der Waals surface area contributed by atoms with Gasteiger partial charge in [-0.3, -0.25) is 4.98 Å². The molecule has 0 bridgehead atoms. The zero-order valence-corrected chi connectivity index (χ0v) is 16.9. The third-order valence-electron chi connectivity index (χ3n) is 4.08. The van der Waals surface area contributed by atoms with Crippen LogP contribution in [0.15, 0.2) is 66.7 Å². The van der Waals surface area contributed by atoms with Gasteiger partial charge in [0.25, 0.3) is 0 Å². The first-order valence-electron chi connectivity index (χ1n) is 8.16. The minimum atomic E-state index is 0. The van der Waals surface area contributed by atoms with Crippen molar-refractivity contribution in [3.63, 3.8) is 0 Å². The third kappa shape index (κ3) is 3.36. The van der Waals surface area contributed by atoms with E-state index in [-0.39, 0.29) is 20.1 Å². The Balaban J connectivity index is 0.00000196. The summed E-state index contributed by atoms with van der Waals surface area (Å²) in [6, 6.07) is 25.2. The summed E-state index contributed by atoms with van der Waals surface area (Å²) < 4.78 is 2.06. The van der Waals surface area contributed by atoms with Gasteiger partial charge in [0, 0.05) is 31.4 Å². The van der Waals surface area contributed by atoms with Crippen molar-refractivity contribution in [3.05, 3.63) is 84.2 Å². The van der Waals surface area contributed by atoms with Crippen molar-refractivity contribution in [2.45, 2.75) is 13.8 Å². The van der Waals surface area contributed by atoms with Gasteiger partial charge in [-0.2, -0.15) is 5.10 Å². The molecule has 0 unspecified atom stereocenters. The summed E-state index contributed by atoms with van der Waals surface area (Å²) in [5.74, 6) is 1.55. The molecule has 0 fully saturated rings. The second-order valence-corrected chi connectivity index (χ2v) is 5.88. The Hall–Kier alpha value is -2.62. The topological polar surface area (TPSA) is 43.6 Å². The number of pyridine rings is 1. The molecular formula is C21H17IrN4-. The van der Waals surface area contributed by atoms with Gasteiger partial charge in [-0.25, -0.2) is 0 Å². The smallest absolute Gasteiger partial charge is 0.159 e. The number of hydrogen-bond donors (Lipinski definition) is 0. The molecule has 4 rings (SSSR count). The molecule has 4 aromatic rings. The fraction of sp³-hybridized carbons (Fsp3) is 0.0952. The molecule has 0 amide bonds. The first kappa shape index (κ1) is 18.2. The van der Waals surface area contributed by atoms with Crippen LogP contribution in [0.5, 0.6) is 0 Å². The first-order chi connectivity index (χ1) is 12.2. The van der Waals surface area contributed by atoms with Crippen LogP contribution in [-0.4, -0.2) is 19.7 Å². The van der Waals surface area contributed by atoms with E-state index in [0.717, 1.165) is 39.9 Å². The summed E-state index contributed by atoms with van der Waals surface area (Å²) in [5.41, 5.74) is 4.81. The van der Waals surface area contributed by atoms with Crippen molar-refractivity contribution in [3.8, 4) is 28.5 Å². The summed E-state index contributed by atoms with van der Waals surface area (Å²) in [4.78, 5) is 4.61. The second kappa shape index (κ2) is 7.73. The van der Waals surface area contributed by atoms with Crippen LogP contribution in [0.2, 0.25) is 0 Å². The maximum atomic E-state index is 4.61. The molecule has 5 heteroatoms. The van der Waals surface area contributed by atoms with Gasteiger partial charge in [-0.05, 0) is 26.0 Å². The second-order valence-electron chi connectivity index (χ2n) is 5.88. The monoisotopic (exact) mass is 518 g/mol. The fourth-order valence-electron chi connectivity index (χ4n) is 2.91. The Bertz CT molecular complexity index is 954. The van der Waals surface area contributed by atoms with Crippen LogP contribution in [0, 0.1) is 19.9 Å². The zero-order valence-electron chi connectivity index (χ0n) is 14.5. The van der Waals surface area contributed by atoms with Gasteiger partial charge in [-0.15, -0.1) is 41.0 Å².